The van der Waals surface area contributed by atoms with Gasteiger partial charge in [0.25, 0.3) is 0 Å². The lowest BCUT2D eigenvalue weighted by atomic mass is 9.99. The summed E-state index contributed by atoms with van der Waals surface area (Å²) in [6, 6.07) is 8.05. The maximum atomic E-state index is 4.54. The molecule has 0 unspecified atom stereocenters. The number of benzene rings is 1. The average Bonchev–Trinajstić information content (AvgIpc) is 3.02. The van der Waals surface area contributed by atoms with Crippen LogP contribution in [0, 0.1) is 0 Å². The minimum atomic E-state index is 0.746. The quantitative estimate of drug-likeness (QED) is 0.733. The number of hydrazone groups is 1. The molecule has 0 saturated heterocycles. The molecule has 6 heteroatoms. The van der Waals surface area contributed by atoms with Gasteiger partial charge in [-0.15, -0.1) is 15.3 Å². The Labute approximate surface area is 121 Å². The second-order valence-corrected chi connectivity index (χ2v) is 5.34. The van der Waals surface area contributed by atoms with Gasteiger partial charge in [-0.25, -0.2) is 0 Å². The largest absolute Gasteiger partial charge is 0.259 e. The normalized spacial score (nSPS) is 15.5. The average molecular weight is 280 g/mol. The molecule has 0 atom stereocenters. The first kappa shape index (κ1) is 12.3. The second-order valence-electron chi connectivity index (χ2n) is 5.34. The van der Waals surface area contributed by atoms with Gasteiger partial charge in [0.15, 0.2) is 11.5 Å². The number of nitrogens with one attached hydrogen (secondary N) is 1. The predicted octanol–water partition coefficient (Wildman–Crippen LogP) is 3.01. The van der Waals surface area contributed by atoms with E-state index in [1.165, 1.54) is 25.0 Å². The van der Waals surface area contributed by atoms with Crippen molar-refractivity contribution in [2.75, 3.05) is 5.43 Å². The Morgan fingerprint density at radius 3 is 2.71 bits per heavy atom. The molecule has 21 heavy (non-hydrogen) atoms. The van der Waals surface area contributed by atoms with E-state index in [4.69, 9.17) is 0 Å². The lowest BCUT2D eigenvalue weighted by Gasteiger charge is -2.13. The molecule has 0 amide bonds. The van der Waals surface area contributed by atoms with Crippen molar-refractivity contribution in [1.82, 2.24) is 19.8 Å². The van der Waals surface area contributed by atoms with E-state index in [1.54, 1.807) is 10.8 Å². The summed E-state index contributed by atoms with van der Waals surface area (Å²) in [6.45, 7) is 0. The van der Waals surface area contributed by atoms with Crippen LogP contribution in [0.2, 0.25) is 0 Å². The highest BCUT2D eigenvalue weighted by atomic mass is 15.4. The topological polar surface area (TPSA) is 67.5 Å². The van der Waals surface area contributed by atoms with Crippen LogP contribution >= 0.6 is 0 Å². The second kappa shape index (κ2) is 5.12. The zero-order valence-electron chi connectivity index (χ0n) is 11.7. The van der Waals surface area contributed by atoms with Gasteiger partial charge in [-0.05, 0) is 25.7 Å². The van der Waals surface area contributed by atoms with E-state index < -0.39 is 0 Å². The van der Waals surface area contributed by atoms with Gasteiger partial charge in [-0.3, -0.25) is 5.43 Å². The van der Waals surface area contributed by atoms with E-state index in [9.17, 15) is 0 Å². The van der Waals surface area contributed by atoms with Gasteiger partial charge < -0.3 is 0 Å². The van der Waals surface area contributed by atoms with Crippen LogP contribution in [-0.2, 0) is 0 Å². The molecule has 6 nitrogen and oxygen atoms in total. The molecule has 106 valence electrons. The van der Waals surface area contributed by atoms with E-state index >= 15 is 0 Å². The molecular formula is C15H16N6. The number of nitrogens with zero attached hydrogens (tertiary/aromatic N) is 5. The van der Waals surface area contributed by atoms with Crippen LogP contribution in [0.25, 0.3) is 16.4 Å². The molecule has 1 N–H and O–H groups in total. The minimum Gasteiger partial charge on any atom is -0.259 e. The van der Waals surface area contributed by atoms with Gasteiger partial charge >= 0.3 is 0 Å². The van der Waals surface area contributed by atoms with Gasteiger partial charge in [0.1, 0.15) is 6.33 Å². The van der Waals surface area contributed by atoms with Crippen LogP contribution in [0.1, 0.15) is 32.1 Å². The Bertz CT molecular complexity index is 811. The first-order valence-electron chi connectivity index (χ1n) is 7.32. The van der Waals surface area contributed by atoms with Crippen molar-refractivity contribution < 1.29 is 0 Å². The standard InChI is InChI=1S/C15H16N6/c1-2-6-11(7-3-1)17-18-14-12-8-4-5-9-13(12)15-19-16-10-21(15)20-14/h4-5,8-10H,1-3,6-7H2,(H,18,20). The summed E-state index contributed by atoms with van der Waals surface area (Å²) < 4.78 is 1.69. The van der Waals surface area contributed by atoms with Crippen LogP contribution in [0.4, 0.5) is 5.82 Å². The van der Waals surface area contributed by atoms with Crippen molar-refractivity contribution in [1.29, 1.82) is 0 Å². The summed E-state index contributed by atoms with van der Waals surface area (Å²) in [5, 5.41) is 19.2. The van der Waals surface area contributed by atoms with Crippen LogP contribution in [0.3, 0.4) is 0 Å². The monoisotopic (exact) mass is 280 g/mol. The molecule has 1 aromatic carbocycles. The fourth-order valence-corrected chi connectivity index (χ4v) is 2.81. The number of rotatable bonds is 2. The number of hydrogen-bond donors (Lipinski definition) is 1. The van der Waals surface area contributed by atoms with Gasteiger partial charge in [0.2, 0.25) is 0 Å². The number of anilines is 1. The Balaban J connectivity index is 1.78. The van der Waals surface area contributed by atoms with E-state index in [-0.39, 0.29) is 0 Å². The highest BCUT2D eigenvalue weighted by Gasteiger charge is 2.10. The summed E-state index contributed by atoms with van der Waals surface area (Å²) in [4.78, 5) is 0. The van der Waals surface area contributed by atoms with Gasteiger partial charge in [-0.1, -0.05) is 30.7 Å². The third-order valence-corrected chi connectivity index (χ3v) is 3.91. The summed E-state index contributed by atoms with van der Waals surface area (Å²) in [6.07, 6.45) is 7.56. The maximum absolute atomic E-state index is 4.54. The molecule has 0 spiro atoms. The molecule has 1 fully saturated rings. The van der Waals surface area contributed by atoms with Crippen LogP contribution in [0.15, 0.2) is 35.7 Å². The van der Waals surface area contributed by atoms with Crippen LogP contribution in [0.5, 0.6) is 0 Å². The van der Waals surface area contributed by atoms with Crippen molar-refractivity contribution in [2.24, 2.45) is 5.10 Å². The van der Waals surface area contributed by atoms with Gasteiger partial charge in [-0.2, -0.15) is 9.62 Å². The van der Waals surface area contributed by atoms with Crippen molar-refractivity contribution in [2.45, 2.75) is 32.1 Å². The smallest absolute Gasteiger partial charge is 0.185 e. The number of hydrogen-bond acceptors (Lipinski definition) is 5. The van der Waals surface area contributed by atoms with Gasteiger partial charge in [0, 0.05) is 16.5 Å². The Morgan fingerprint density at radius 1 is 1.05 bits per heavy atom. The third-order valence-electron chi connectivity index (χ3n) is 3.91. The summed E-state index contributed by atoms with van der Waals surface area (Å²) in [5.74, 6) is 0.746. The van der Waals surface area contributed by atoms with Crippen LogP contribution < -0.4 is 5.43 Å². The Kier molecular flexibility index (Phi) is 2.99. The van der Waals surface area contributed by atoms with Crippen LogP contribution in [-0.4, -0.2) is 25.5 Å². The fourth-order valence-electron chi connectivity index (χ4n) is 2.81. The van der Waals surface area contributed by atoms with E-state index in [0.29, 0.717) is 0 Å². The zero-order chi connectivity index (χ0) is 14.1. The third kappa shape index (κ3) is 2.22. The SMILES string of the molecule is c1ccc2c(c1)c(NN=C1CCCCC1)nn1cnnc21. The summed E-state index contributed by atoms with van der Waals surface area (Å²) >= 11 is 0. The molecule has 1 aliphatic rings. The zero-order valence-corrected chi connectivity index (χ0v) is 11.7. The lowest BCUT2D eigenvalue weighted by Crippen LogP contribution is -2.08. The molecule has 0 aliphatic heterocycles. The van der Waals surface area contributed by atoms with Crippen molar-refractivity contribution in [3.63, 3.8) is 0 Å². The van der Waals surface area contributed by atoms with E-state index in [1.807, 2.05) is 24.3 Å². The van der Waals surface area contributed by atoms with Crippen molar-refractivity contribution in [3.8, 4) is 0 Å². The maximum Gasteiger partial charge on any atom is 0.185 e. The summed E-state index contributed by atoms with van der Waals surface area (Å²) in [5.41, 5.74) is 5.14. The molecule has 2 aromatic heterocycles. The van der Waals surface area contributed by atoms with E-state index in [0.717, 1.165) is 35.1 Å². The highest BCUT2D eigenvalue weighted by molar-refractivity contribution is 6.00. The van der Waals surface area contributed by atoms with Crippen molar-refractivity contribution >= 4 is 27.9 Å². The fraction of sp³-hybridized carbons (Fsp3) is 0.333. The molecular weight excluding hydrogens is 264 g/mol. The molecule has 2 heterocycles. The first-order valence-corrected chi connectivity index (χ1v) is 7.32. The number of aromatic nitrogens is 4. The van der Waals surface area contributed by atoms with Crippen molar-refractivity contribution in [3.05, 3.63) is 30.6 Å². The molecule has 0 bridgehead atoms. The molecule has 1 aliphatic carbocycles. The Morgan fingerprint density at radius 2 is 1.86 bits per heavy atom. The predicted molar refractivity (Wildman–Crippen MR) is 82.4 cm³/mol. The van der Waals surface area contributed by atoms with E-state index in [2.05, 4.69) is 25.8 Å². The number of fused-ring (bicyclic) bond motifs is 3. The molecule has 4 rings (SSSR count). The van der Waals surface area contributed by atoms with Gasteiger partial charge in [0.05, 0.1) is 0 Å². The molecule has 0 radical (unpaired) electrons. The highest BCUT2D eigenvalue weighted by Crippen LogP contribution is 2.24. The Hall–Kier alpha value is -2.50. The minimum absolute atomic E-state index is 0.746. The molecule has 3 aromatic rings. The summed E-state index contributed by atoms with van der Waals surface area (Å²) in [7, 11) is 0. The first-order chi connectivity index (χ1) is 10.4. The molecule has 1 saturated carbocycles. The lowest BCUT2D eigenvalue weighted by molar-refractivity contribution is 0.665.